The Morgan fingerprint density at radius 2 is 1.70 bits per heavy atom. The van der Waals surface area contributed by atoms with E-state index in [0.717, 1.165) is 46.1 Å². The quantitative estimate of drug-likeness (QED) is 0.351. The molecule has 6 heteroatoms. The van der Waals surface area contributed by atoms with Gasteiger partial charge in [0.25, 0.3) is 0 Å². The van der Waals surface area contributed by atoms with Crippen LogP contribution in [0.1, 0.15) is 70.6 Å². The van der Waals surface area contributed by atoms with Crippen molar-refractivity contribution in [3.8, 4) is 11.1 Å². The molecule has 1 heterocycles. The molecule has 37 heavy (non-hydrogen) atoms. The Hall–Kier alpha value is -3.09. The van der Waals surface area contributed by atoms with Crippen LogP contribution in [0.2, 0.25) is 0 Å². The molecular formula is C31H37FN2O3. The number of aromatic nitrogens is 1. The molecular weight excluding hydrogens is 467 g/mol. The van der Waals surface area contributed by atoms with E-state index >= 15 is 0 Å². The second-order valence-electron chi connectivity index (χ2n) is 10.6. The SMILES string of the molecule is CC(C)N(C(=O)C[C@H](O)C[C@H](O)C=Cc1c(C2CC2)nc2ccccc2c1-c1ccc(F)cc1)C(C)C. The first-order valence-corrected chi connectivity index (χ1v) is 13.2. The summed E-state index contributed by atoms with van der Waals surface area (Å²) in [5.41, 5.74) is 4.60. The number of hydrogen-bond donors (Lipinski definition) is 2. The molecule has 1 saturated carbocycles. The molecule has 5 nitrogen and oxygen atoms in total. The Morgan fingerprint density at radius 3 is 2.32 bits per heavy atom. The second kappa shape index (κ2) is 11.5. The van der Waals surface area contributed by atoms with Crippen LogP contribution in [0.3, 0.4) is 0 Å². The molecule has 0 aliphatic heterocycles. The smallest absolute Gasteiger partial charge is 0.225 e. The molecule has 2 atom stereocenters. The first kappa shape index (κ1) is 27.0. The Bertz CT molecular complexity index is 1260. The van der Waals surface area contributed by atoms with Gasteiger partial charge in [-0.1, -0.05) is 42.5 Å². The van der Waals surface area contributed by atoms with E-state index in [-0.39, 0.29) is 36.6 Å². The van der Waals surface area contributed by atoms with Crippen LogP contribution in [-0.4, -0.2) is 50.3 Å². The van der Waals surface area contributed by atoms with Crippen molar-refractivity contribution in [3.05, 3.63) is 71.7 Å². The number of amides is 1. The predicted octanol–water partition coefficient (Wildman–Crippen LogP) is 6.08. The number of aliphatic hydroxyl groups excluding tert-OH is 2. The number of para-hydroxylation sites is 1. The fourth-order valence-electron chi connectivity index (χ4n) is 5.14. The fraction of sp³-hybridized carbons (Fsp3) is 0.419. The fourth-order valence-corrected chi connectivity index (χ4v) is 5.14. The molecule has 0 bridgehead atoms. The molecule has 1 aromatic heterocycles. The maximum atomic E-state index is 13.7. The summed E-state index contributed by atoms with van der Waals surface area (Å²) < 4.78 is 13.7. The van der Waals surface area contributed by atoms with Crippen LogP contribution in [0, 0.1) is 5.82 Å². The minimum Gasteiger partial charge on any atom is -0.392 e. The number of hydrogen-bond acceptors (Lipinski definition) is 4. The van der Waals surface area contributed by atoms with E-state index in [1.165, 1.54) is 12.1 Å². The molecule has 0 spiro atoms. The lowest BCUT2D eigenvalue weighted by atomic mass is 9.92. The lowest BCUT2D eigenvalue weighted by molar-refractivity contribution is -0.137. The number of halogens is 1. The standard InChI is InChI=1S/C31H37FN2O3/c1-19(2)34(20(3)4)29(37)18-25(36)17-24(35)15-16-27-30(21-11-13-23(32)14-12-21)26-7-5-6-8-28(26)33-31(27)22-9-10-22/h5-8,11-16,19-20,22,24-25,35-36H,9-10,17-18H2,1-4H3/t24-,25-/m1/s1. The molecule has 0 radical (unpaired) electrons. The van der Waals surface area contributed by atoms with Crippen LogP contribution in [0.25, 0.3) is 28.1 Å². The first-order chi connectivity index (χ1) is 17.7. The summed E-state index contributed by atoms with van der Waals surface area (Å²) in [4.78, 5) is 19.4. The van der Waals surface area contributed by atoms with E-state index in [1.807, 2.05) is 58.0 Å². The number of rotatable bonds is 10. The van der Waals surface area contributed by atoms with Gasteiger partial charge in [0.2, 0.25) is 5.91 Å². The van der Waals surface area contributed by atoms with Crippen molar-refractivity contribution >= 4 is 22.9 Å². The minimum atomic E-state index is -0.957. The van der Waals surface area contributed by atoms with Gasteiger partial charge in [-0.3, -0.25) is 9.78 Å². The van der Waals surface area contributed by atoms with Crippen LogP contribution in [0.15, 0.2) is 54.6 Å². The van der Waals surface area contributed by atoms with E-state index < -0.39 is 12.2 Å². The Balaban J connectivity index is 1.62. The van der Waals surface area contributed by atoms with E-state index in [9.17, 15) is 19.4 Å². The lowest BCUT2D eigenvalue weighted by Crippen LogP contribution is -2.43. The van der Waals surface area contributed by atoms with Crippen molar-refractivity contribution in [2.24, 2.45) is 0 Å². The summed E-state index contributed by atoms with van der Waals surface area (Å²) in [5.74, 6) is -0.0713. The third kappa shape index (κ3) is 6.43. The average Bonchev–Trinajstić information content (AvgIpc) is 3.67. The molecule has 1 aliphatic carbocycles. The van der Waals surface area contributed by atoms with Crippen molar-refractivity contribution in [2.75, 3.05) is 0 Å². The van der Waals surface area contributed by atoms with Gasteiger partial charge in [0, 0.05) is 40.9 Å². The molecule has 4 rings (SSSR count). The summed E-state index contributed by atoms with van der Waals surface area (Å²) >= 11 is 0. The molecule has 1 fully saturated rings. The second-order valence-corrected chi connectivity index (χ2v) is 10.6. The summed E-state index contributed by atoms with van der Waals surface area (Å²) in [6.07, 6.45) is 3.78. The Kier molecular flexibility index (Phi) is 8.40. The van der Waals surface area contributed by atoms with Gasteiger partial charge in [-0.25, -0.2) is 4.39 Å². The maximum absolute atomic E-state index is 13.7. The molecule has 2 N–H and O–H groups in total. The number of benzene rings is 2. The number of carbonyl (C=O) groups excluding carboxylic acids is 1. The molecule has 3 aromatic rings. The molecule has 0 unspecified atom stereocenters. The van der Waals surface area contributed by atoms with Crippen molar-refractivity contribution in [2.45, 2.75) is 83.6 Å². The molecule has 2 aromatic carbocycles. The lowest BCUT2D eigenvalue weighted by Gasteiger charge is -2.31. The summed E-state index contributed by atoms with van der Waals surface area (Å²) in [5, 5.41) is 22.3. The minimum absolute atomic E-state index is 0.0348. The topological polar surface area (TPSA) is 73.7 Å². The van der Waals surface area contributed by atoms with Crippen LogP contribution < -0.4 is 0 Å². The maximum Gasteiger partial charge on any atom is 0.225 e. The van der Waals surface area contributed by atoms with E-state index in [4.69, 9.17) is 4.98 Å². The largest absolute Gasteiger partial charge is 0.392 e. The molecule has 196 valence electrons. The first-order valence-electron chi connectivity index (χ1n) is 13.2. The van der Waals surface area contributed by atoms with Gasteiger partial charge in [0.05, 0.1) is 29.8 Å². The van der Waals surface area contributed by atoms with Gasteiger partial charge < -0.3 is 15.1 Å². The highest BCUT2D eigenvalue weighted by Gasteiger charge is 2.30. The van der Waals surface area contributed by atoms with Crippen molar-refractivity contribution in [3.63, 3.8) is 0 Å². The summed E-state index contributed by atoms with van der Waals surface area (Å²) in [6, 6.07) is 14.4. The van der Waals surface area contributed by atoms with Gasteiger partial charge in [-0.15, -0.1) is 0 Å². The number of carbonyl (C=O) groups is 1. The van der Waals surface area contributed by atoms with E-state index in [2.05, 4.69) is 0 Å². The monoisotopic (exact) mass is 504 g/mol. The van der Waals surface area contributed by atoms with Gasteiger partial charge in [-0.2, -0.15) is 0 Å². The zero-order valence-electron chi connectivity index (χ0n) is 22.1. The van der Waals surface area contributed by atoms with Crippen LogP contribution >= 0.6 is 0 Å². The van der Waals surface area contributed by atoms with Gasteiger partial charge >= 0.3 is 0 Å². The summed E-state index contributed by atoms with van der Waals surface area (Å²) in [7, 11) is 0. The average molecular weight is 505 g/mol. The Morgan fingerprint density at radius 1 is 1.05 bits per heavy atom. The van der Waals surface area contributed by atoms with Crippen LogP contribution in [0.5, 0.6) is 0 Å². The zero-order chi connectivity index (χ0) is 26.7. The molecule has 1 amide bonds. The van der Waals surface area contributed by atoms with E-state index in [0.29, 0.717) is 5.92 Å². The summed E-state index contributed by atoms with van der Waals surface area (Å²) in [6.45, 7) is 7.82. The third-order valence-electron chi connectivity index (χ3n) is 6.87. The zero-order valence-corrected chi connectivity index (χ0v) is 22.1. The van der Waals surface area contributed by atoms with Crippen molar-refractivity contribution in [1.82, 2.24) is 9.88 Å². The normalized spacial score (nSPS) is 15.6. The van der Waals surface area contributed by atoms with Crippen molar-refractivity contribution in [1.29, 1.82) is 0 Å². The highest BCUT2D eigenvalue weighted by Crippen LogP contribution is 2.45. The van der Waals surface area contributed by atoms with Crippen LogP contribution in [-0.2, 0) is 4.79 Å². The van der Waals surface area contributed by atoms with Gasteiger partial charge in [-0.05, 0) is 64.3 Å². The Labute approximate surface area is 218 Å². The number of pyridine rings is 1. The number of fused-ring (bicyclic) bond motifs is 1. The predicted molar refractivity (Wildman–Crippen MR) is 147 cm³/mol. The van der Waals surface area contributed by atoms with Crippen molar-refractivity contribution < 1.29 is 19.4 Å². The van der Waals surface area contributed by atoms with Gasteiger partial charge in [0.1, 0.15) is 5.82 Å². The third-order valence-corrected chi connectivity index (χ3v) is 6.87. The number of aliphatic hydroxyl groups is 2. The van der Waals surface area contributed by atoms with Gasteiger partial charge in [0.15, 0.2) is 0 Å². The van der Waals surface area contributed by atoms with Crippen LogP contribution in [0.4, 0.5) is 4.39 Å². The molecule has 1 aliphatic rings. The highest BCUT2D eigenvalue weighted by atomic mass is 19.1. The van der Waals surface area contributed by atoms with E-state index in [1.54, 1.807) is 23.1 Å². The number of nitrogens with zero attached hydrogens (tertiary/aromatic N) is 2. The highest BCUT2D eigenvalue weighted by molar-refractivity contribution is 5.99. The molecule has 0 saturated heterocycles.